The van der Waals surface area contributed by atoms with Crippen molar-refractivity contribution < 1.29 is 4.79 Å². The van der Waals surface area contributed by atoms with E-state index < -0.39 is 0 Å². The molecular formula is C16H10Cl2N4OS. The molecule has 0 saturated heterocycles. The van der Waals surface area contributed by atoms with Crippen LogP contribution in [0, 0.1) is 6.92 Å². The van der Waals surface area contributed by atoms with E-state index in [9.17, 15) is 4.79 Å². The minimum Gasteiger partial charge on any atom is -0.290 e. The van der Waals surface area contributed by atoms with Gasteiger partial charge in [-0.3, -0.25) is 4.79 Å². The maximum Gasteiger partial charge on any atom is 0.203 e. The lowest BCUT2D eigenvalue weighted by Crippen LogP contribution is -2.25. The third-order valence-electron chi connectivity index (χ3n) is 3.63. The van der Waals surface area contributed by atoms with Gasteiger partial charge in [-0.2, -0.15) is 5.10 Å². The first kappa shape index (κ1) is 15.5. The lowest BCUT2D eigenvalue weighted by atomic mass is 10.1. The molecule has 24 heavy (non-hydrogen) atoms. The van der Waals surface area contributed by atoms with Crippen LogP contribution in [0.3, 0.4) is 0 Å². The molecular weight excluding hydrogens is 367 g/mol. The van der Waals surface area contributed by atoms with E-state index in [-0.39, 0.29) is 12.3 Å². The number of aromatic nitrogens is 3. The first-order valence-corrected chi connectivity index (χ1v) is 8.72. The molecule has 1 aromatic carbocycles. The quantitative estimate of drug-likeness (QED) is 0.668. The average Bonchev–Trinajstić information content (AvgIpc) is 3.15. The zero-order valence-electron chi connectivity index (χ0n) is 12.5. The predicted molar refractivity (Wildman–Crippen MR) is 95.7 cm³/mol. The Morgan fingerprint density at radius 1 is 1.25 bits per heavy atom. The van der Waals surface area contributed by atoms with Crippen molar-refractivity contribution in [1.29, 1.82) is 0 Å². The van der Waals surface area contributed by atoms with Crippen molar-refractivity contribution in [3.63, 3.8) is 0 Å². The SMILES string of the molecule is Cc1csc(-c2cnn3c2N=C(c2ccc(Cl)c(Cl)c2)C(=O)C3)n1. The van der Waals surface area contributed by atoms with E-state index in [1.54, 1.807) is 29.1 Å². The van der Waals surface area contributed by atoms with E-state index in [1.807, 2.05) is 12.3 Å². The van der Waals surface area contributed by atoms with Crippen molar-refractivity contribution in [2.45, 2.75) is 13.5 Å². The fraction of sp³-hybridized carbons (Fsp3) is 0.125. The van der Waals surface area contributed by atoms with E-state index >= 15 is 0 Å². The molecule has 0 aliphatic carbocycles. The molecule has 0 radical (unpaired) electrons. The summed E-state index contributed by atoms with van der Waals surface area (Å²) in [7, 11) is 0. The van der Waals surface area contributed by atoms with Crippen LogP contribution in [0.5, 0.6) is 0 Å². The average molecular weight is 377 g/mol. The lowest BCUT2D eigenvalue weighted by molar-refractivity contribution is -0.113. The number of nitrogens with zero attached hydrogens (tertiary/aromatic N) is 4. The van der Waals surface area contributed by atoms with Crippen LogP contribution in [0.4, 0.5) is 5.82 Å². The summed E-state index contributed by atoms with van der Waals surface area (Å²) in [5.74, 6) is 0.510. The summed E-state index contributed by atoms with van der Waals surface area (Å²) in [6.45, 7) is 2.07. The van der Waals surface area contributed by atoms with Crippen LogP contribution in [0.25, 0.3) is 10.6 Å². The van der Waals surface area contributed by atoms with Crippen LogP contribution in [-0.4, -0.2) is 26.3 Å². The summed E-state index contributed by atoms with van der Waals surface area (Å²) in [4.78, 5) is 21.4. The van der Waals surface area contributed by atoms with Gasteiger partial charge in [0, 0.05) is 16.6 Å². The van der Waals surface area contributed by atoms with E-state index in [0.29, 0.717) is 27.1 Å². The Labute approximate surface area is 151 Å². The first-order valence-electron chi connectivity index (χ1n) is 7.08. The highest BCUT2D eigenvalue weighted by Crippen LogP contribution is 2.35. The molecule has 0 unspecified atom stereocenters. The van der Waals surface area contributed by atoms with E-state index in [2.05, 4.69) is 15.1 Å². The number of aryl methyl sites for hydroxylation is 1. The van der Waals surface area contributed by atoms with Gasteiger partial charge in [-0.25, -0.2) is 14.7 Å². The zero-order valence-corrected chi connectivity index (χ0v) is 14.8. The fourth-order valence-electron chi connectivity index (χ4n) is 2.49. The number of carbonyl (C=O) groups is 1. The molecule has 8 heteroatoms. The standard InChI is InChI=1S/C16H10Cl2N4OS/c1-8-7-24-16(20-8)10-5-19-22-6-13(23)14(21-15(10)22)9-2-3-11(17)12(18)4-9/h2-5,7H,6H2,1H3. The van der Waals surface area contributed by atoms with Crippen LogP contribution in [-0.2, 0) is 11.3 Å². The molecule has 0 amide bonds. The number of Topliss-reactive ketones (excluding diaryl/α,β-unsaturated/α-hetero) is 1. The second kappa shape index (κ2) is 5.81. The summed E-state index contributed by atoms with van der Waals surface area (Å²) >= 11 is 13.5. The smallest absolute Gasteiger partial charge is 0.203 e. The van der Waals surface area contributed by atoms with Gasteiger partial charge >= 0.3 is 0 Å². The molecule has 1 aliphatic heterocycles. The van der Waals surface area contributed by atoms with Crippen LogP contribution in [0.2, 0.25) is 10.0 Å². The number of hydrogen-bond donors (Lipinski definition) is 0. The largest absolute Gasteiger partial charge is 0.290 e. The van der Waals surface area contributed by atoms with Crippen LogP contribution < -0.4 is 0 Å². The Kier molecular flexibility index (Phi) is 3.75. The Bertz CT molecular complexity index is 1010. The Hall–Kier alpha value is -2.02. The van der Waals surface area contributed by atoms with E-state index in [4.69, 9.17) is 23.2 Å². The minimum atomic E-state index is -0.120. The second-order valence-electron chi connectivity index (χ2n) is 5.35. The normalized spacial score (nSPS) is 13.8. The van der Waals surface area contributed by atoms with Crippen molar-refractivity contribution in [3.05, 3.63) is 51.1 Å². The van der Waals surface area contributed by atoms with E-state index in [0.717, 1.165) is 16.3 Å². The van der Waals surface area contributed by atoms with Gasteiger partial charge in [0.05, 0.1) is 21.8 Å². The van der Waals surface area contributed by atoms with Crippen molar-refractivity contribution >= 4 is 51.9 Å². The molecule has 0 spiro atoms. The number of ketones is 1. The van der Waals surface area contributed by atoms with Crippen molar-refractivity contribution in [1.82, 2.24) is 14.8 Å². The topological polar surface area (TPSA) is 60.1 Å². The van der Waals surface area contributed by atoms with Crippen LogP contribution in [0.1, 0.15) is 11.3 Å². The van der Waals surface area contributed by atoms with Gasteiger partial charge in [0.2, 0.25) is 5.78 Å². The van der Waals surface area contributed by atoms with Crippen molar-refractivity contribution in [3.8, 4) is 10.6 Å². The summed E-state index contributed by atoms with van der Waals surface area (Å²) in [5.41, 5.74) is 2.76. The Balaban J connectivity index is 1.85. The Morgan fingerprint density at radius 3 is 2.79 bits per heavy atom. The van der Waals surface area contributed by atoms with Gasteiger partial charge in [0.25, 0.3) is 0 Å². The number of halogens is 2. The third kappa shape index (κ3) is 2.56. The van der Waals surface area contributed by atoms with Gasteiger partial charge in [0.1, 0.15) is 17.3 Å². The first-order chi connectivity index (χ1) is 11.5. The fourth-order valence-corrected chi connectivity index (χ4v) is 3.59. The molecule has 2 aromatic heterocycles. The summed E-state index contributed by atoms with van der Waals surface area (Å²) in [5, 5.41) is 7.89. The number of rotatable bonds is 2. The molecule has 4 rings (SSSR count). The number of carbonyl (C=O) groups excluding carboxylic acids is 1. The molecule has 5 nitrogen and oxygen atoms in total. The molecule has 0 fully saturated rings. The van der Waals surface area contributed by atoms with Crippen molar-refractivity contribution in [2.24, 2.45) is 4.99 Å². The lowest BCUT2D eigenvalue weighted by Gasteiger charge is -2.14. The molecule has 0 bridgehead atoms. The van der Waals surface area contributed by atoms with Crippen LogP contribution in [0.15, 0.2) is 34.8 Å². The number of aliphatic imine (C=N–C) groups is 1. The number of hydrogen-bond acceptors (Lipinski definition) is 5. The highest BCUT2D eigenvalue weighted by molar-refractivity contribution is 7.13. The molecule has 0 N–H and O–H groups in total. The highest BCUT2D eigenvalue weighted by Gasteiger charge is 2.26. The summed E-state index contributed by atoms with van der Waals surface area (Å²) < 4.78 is 1.59. The van der Waals surface area contributed by atoms with Gasteiger partial charge < -0.3 is 0 Å². The van der Waals surface area contributed by atoms with Gasteiger partial charge in [-0.15, -0.1) is 11.3 Å². The second-order valence-corrected chi connectivity index (χ2v) is 7.02. The molecule has 3 heterocycles. The zero-order chi connectivity index (χ0) is 16.8. The molecule has 0 saturated carbocycles. The number of benzene rings is 1. The van der Waals surface area contributed by atoms with Crippen LogP contribution >= 0.6 is 34.5 Å². The molecule has 0 atom stereocenters. The van der Waals surface area contributed by atoms with Crippen molar-refractivity contribution in [2.75, 3.05) is 0 Å². The van der Waals surface area contributed by atoms with Gasteiger partial charge in [-0.1, -0.05) is 29.3 Å². The Morgan fingerprint density at radius 2 is 2.08 bits per heavy atom. The molecule has 1 aliphatic rings. The molecule has 3 aromatic rings. The van der Waals surface area contributed by atoms with Gasteiger partial charge in [0.15, 0.2) is 5.82 Å². The predicted octanol–water partition coefficient (Wildman–Crippen LogP) is 4.33. The van der Waals surface area contributed by atoms with E-state index in [1.165, 1.54) is 11.3 Å². The minimum absolute atomic E-state index is 0.120. The van der Waals surface area contributed by atoms with Gasteiger partial charge in [-0.05, 0) is 19.1 Å². The summed E-state index contributed by atoms with van der Waals surface area (Å²) in [6, 6.07) is 5.05. The molecule has 120 valence electrons. The maximum absolute atomic E-state index is 12.4. The monoisotopic (exact) mass is 376 g/mol. The maximum atomic E-state index is 12.4. The number of thiazole rings is 1. The highest BCUT2D eigenvalue weighted by atomic mass is 35.5. The number of fused-ring (bicyclic) bond motifs is 1. The third-order valence-corrected chi connectivity index (χ3v) is 5.36. The summed E-state index contributed by atoms with van der Waals surface area (Å²) in [6.07, 6.45) is 1.70.